The largest absolute Gasteiger partial charge is 0.378 e. The monoisotopic (exact) mass is 298 g/mol. The normalized spacial score (nSPS) is 14.0. The van der Waals surface area contributed by atoms with Gasteiger partial charge in [-0.2, -0.15) is 5.10 Å². The van der Waals surface area contributed by atoms with Crippen molar-refractivity contribution in [1.29, 1.82) is 0 Å². The lowest BCUT2D eigenvalue weighted by molar-refractivity contribution is 0.0779. The molecule has 0 bridgehead atoms. The molecular weight excluding hydrogens is 276 g/mol. The third kappa shape index (κ3) is 3.13. The van der Waals surface area contributed by atoms with Gasteiger partial charge < -0.3 is 9.80 Å². The Labute approximate surface area is 130 Å². The van der Waals surface area contributed by atoms with Crippen molar-refractivity contribution >= 4 is 11.6 Å². The van der Waals surface area contributed by atoms with Gasteiger partial charge in [-0.25, -0.2) is 0 Å². The van der Waals surface area contributed by atoms with E-state index < -0.39 is 0 Å². The molecule has 0 atom stereocenters. The van der Waals surface area contributed by atoms with Crippen LogP contribution in [0.4, 0.5) is 5.69 Å². The van der Waals surface area contributed by atoms with E-state index in [1.807, 2.05) is 27.2 Å². The first-order valence-corrected chi connectivity index (χ1v) is 7.61. The zero-order valence-corrected chi connectivity index (χ0v) is 13.3. The van der Waals surface area contributed by atoms with Crippen molar-refractivity contribution < 1.29 is 4.79 Å². The number of nitrogens with zero attached hydrogens (tertiary/aromatic N) is 3. The maximum Gasteiger partial charge on any atom is 0.274 e. The van der Waals surface area contributed by atoms with Crippen LogP contribution in [0.5, 0.6) is 0 Å². The van der Waals surface area contributed by atoms with E-state index in [9.17, 15) is 4.79 Å². The summed E-state index contributed by atoms with van der Waals surface area (Å²) >= 11 is 0. The summed E-state index contributed by atoms with van der Waals surface area (Å²) in [6, 6.07) is 10.1. The second kappa shape index (κ2) is 5.83. The molecule has 3 rings (SSSR count). The summed E-state index contributed by atoms with van der Waals surface area (Å²) < 4.78 is 0. The Morgan fingerprint density at radius 2 is 1.91 bits per heavy atom. The lowest BCUT2D eigenvalue weighted by Gasteiger charge is -2.17. The van der Waals surface area contributed by atoms with Crippen molar-refractivity contribution in [1.82, 2.24) is 15.1 Å². The minimum atomic E-state index is -0.0418. The number of H-pyrrole nitrogens is 1. The summed E-state index contributed by atoms with van der Waals surface area (Å²) in [5.41, 5.74) is 3.86. The van der Waals surface area contributed by atoms with Crippen molar-refractivity contribution in [2.45, 2.75) is 25.3 Å². The molecular formula is C17H22N4O. The van der Waals surface area contributed by atoms with E-state index in [0.717, 1.165) is 16.9 Å². The quantitative estimate of drug-likeness (QED) is 0.923. The van der Waals surface area contributed by atoms with Crippen LogP contribution in [0.25, 0.3) is 0 Å². The molecule has 22 heavy (non-hydrogen) atoms. The number of benzene rings is 1. The van der Waals surface area contributed by atoms with Crippen LogP contribution >= 0.6 is 0 Å². The van der Waals surface area contributed by atoms with Crippen molar-refractivity contribution in [2.24, 2.45) is 0 Å². The van der Waals surface area contributed by atoms with Crippen LogP contribution in [0.15, 0.2) is 30.3 Å². The number of hydrogen-bond donors (Lipinski definition) is 1. The molecule has 0 unspecified atom stereocenters. The highest BCUT2D eigenvalue weighted by atomic mass is 16.2. The summed E-state index contributed by atoms with van der Waals surface area (Å²) in [7, 11) is 5.84. The number of anilines is 1. The molecule has 0 saturated heterocycles. The number of hydrogen-bond acceptors (Lipinski definition) is 3. The molecule has 0 aliphatic heterocycles. The molecule has 1 aliphatic carbocycles. The highest BCUT2D eigenvalue weighted by molar-refractivity contribution is 5.92. The molecule has 5 heteroatoms. The molecule has 5 nitrogen and oxygen atoms in total. The van der Waals surface area contributed by atoms with Crippen molar-refractivity contribution in [3.63, 3.8) is 0 Å². The molecule has 1 amide bonds. The van der Waals surface area contributed by atoms with Crippen molar-refractivity contribution in [3.8, 4) is 0 Å². The van der Waals surface area contributed by atoms with Gasteiger partial charge in [0.2, 0.25) is 0 Å². The van der Waals surface area contributed by atoms with Gasteiger partial charge in [0.1, 0.15) is 5.69 Å². The summed E-state index contributed by atoms with van der Waals surface area (Å²) in [6.45, 7) is 0.582. The highest BCUT2D eigenvalue weighted by Crippen LogP contribution is 2.39. The van der Waals surface area contributed by atoms with Crippen molar-refractivity contribution in [3.05, 3.63) is 47.3 Å². The van der Waals surface area contributed by atoms with Crippen LogP contribution < -0.4 is 4.90 Å². The lowest BCUT2D eigenvalue weighted by atomic mass is 10.2. The van der Waals surface area contributed by atoms with Gasteiger partial charge in [-0.1, -0.05) is 12.1 Å². The maximum absolute atomic E-state index is 12.4. The Balaban J connectivity index is 1.64. The summed E-state index contributed by atoms with van der Waals surface area (Å²) in [5.74, 6) is 0.540. The number of aromatic nitrogens is 2. The Hall–Kier alpha value is -2.30. The van der Waals surface area contributed by atoms with E-state index in [0.29, 0.717) is 18.2 Å². The third-order valence-electron chi connectivity index (χ3n) is 4.05. The molecule has 1 fully saturated rings. The Morgan fingerprint density at radius 1 is 1.23 bits per heavy atom. The number of carbonyl (C=O) groups is 1. The molecule has 1 aromatic carbocycles. The first kappa shape index (κ1) is 14.6. The Kier molecular flexibility index (Phi) is 3.88. The van der Waals surface area contributed by atoms with Gasteiger partial charge in [0.15, 0.2) is 0 Å². The van der Waals surface area contributed by atoms with Crippen LogP contribution in [0, 0.1) is 0 Å². The van der Waals surface area contributed by atoms with Gasteiger partial charge in [-0.15, -0.1) is 0 Å². The minimum Gasteiger partial charge on any atom is -0.378 e. The number of carbonyl (C=O) groups excluding carboxylic acids is 1. The highest BCUT2D eigenvalue weighted by Gasteiger charge is 2.27. The van der Waals surface area contributed by atoms with Crippen molar-refractivity contribution in [2.75, 3.05) is 26.0 Å². The number of rotatable bonds is 5. The zero-order valence-electron chi connectivity index (χ0n) is 13.3. The average molecular weight is 298 g/mol. The maximum atomic E-state index is 12.4. The fourth-order valence-corrected chi connectivity index (χ4v) is 2.49. The topological polar surface area (TPSA) is 52.2 Å². The zero-order chi connectivity index (χ0) is 15.7. The molecule has 1 aromatic heterocycles. The number of amides is 1. The van der Waals surface area contributed by atoms with Crippen LogP contribution in [0.3, 0.4) is 0 Å². The van der Waals surface area contributed by atoms with Gasteiger partial charge >= 0.3 is 0 Å². The van der Waals surface area contributed by atoms with Crippen LogP contribution in [0.2, 0.25) is 0 Å². The van der Waals surface area contributed by atoms with E-state index in [-0.39, 0.29) is 5.91 Å². The van der Waals surface area contributed by atoms with E-state index in [1.165, 1.54) is 12.8 Å². The molecule has 1 saturated carbocycles. The van der Waals surface area contributed by atoms with E-state index in [2.05, 4.69) is 39.4 Å². The molecule has 0 spiro atoms. The summed E-state index contributed by atoms with van der Waals surface area (Å²) in [5, 5.41) is 7.14. The SMILES string of the molecule is CN(Cc1ccc(N(C)C)cc1)C(=O)c1cc(C2CC2)[nH]n1. The molecule has 1 aliphatic rings. The minimum absolute atomic E-state index is 0.0418. The van der Waals surface area contributed by atoms with Gasteiger partial charge in [0.05, 0.1) is 0 Å². The van der Waals surface area contributed by atoms with Crippen LogP contribution in [0.1, 0.15) is 40.5 Å². The average Bonchev–Trinajstić information content (AvgIpc) is 3.24. The third-order valence-corrected chi connectivity index (χ3v) is 4.05. The van der Waals surface area contributed by atoms with Gasteiger partial charge in [-0.3, -0.25) is 9.89 Å². The summed E-state index contributed by atoms with van der Waals surface area (Å²) in [6.07, 6.45) is 2.40. The number of nitrogens with one attached hydrogen (secondary N) is 1. The fraction of sp³-hybridized carbons (Fsp3) is 0.412. The lowest BCUT2D eigenvalue weighted by Crippen LogP contribution is -2.26. The van der Waals surface area contributed by atoms with Crippen LogP contribution in [-0.2, 0) is 6.54 Å². The standard InChI is InChI=1S/C17H22N4O/c1-20(2)14-8-4-12(5-9-14)11-21(3)17(22)16-10-15(18-19-16)13-6-7-13/h4-5,8-10,13H,6-7,11H2,1-3H3,(H,18,19). The molecule has 1 heterocycles. The molecule has 116 valence electrons. The molecule has 0 radical (unpaired) electrons. The first-order chi connectivity index (χ1) is 10.5. The van der Waals surface area contributed by atoms with Gasteiger partial charge in [-0.05, 0) is 36.6 Å². The van der Waals surface area contributed by atoms with E-state index >= 15 is 0 Å². The Bertz CT molecular complexity index is 656. The fourth-order valence-electron chi connectivity index (χ4n) is 2.49. The molecule has 2 aromatic rings. The summed E-state index contributed by atoms with van der Waals surface area (Å²) in [4.78, 5) is 16.2. The Morgan fingerprint density at radius 3 is 2.50 bits per heavy atom. The predicted molar refractivity (Wildman–Crippen MR) is 87.1 cm³/mol. The predicted octanol–water partition coefficient (Wildman–Crippen LogP) is 2.63. The van der Waals surface area contributed by atoms with E-state index in [4.69, 9.17) is 0 Å². The second-order valence-corrected chi connectivity index (χ2v) is 6.20. The van der Waals surface area contributed by atoms with Crippen LogP contribution in [-0.4, -0.2) is 42.1 Å². The van der Waals surface area contributed by atoms with Gasteiger partial charge in [0, 0.05) is 45.0 Å². The number of aromatic amines is 1. The first-order valence-electron chi connectivity index (χ1n) is 7.61. The van der Waals surface area contributed by atoms with Gasteiger partial charge in [0.25, 0.3) is 5.91 Å². The smallest absolute Gasteiger partial charge is 0.274 e. The van der Waals surface area contributed by atoms with E-state index in [1.54, 1.807) is 4.90 Å². The second-order valence-electron chi connectivity index (χ2n) is 6.20. The molecule has 1 N–H and O–H groups in total.